The first-order chi connectivity index (χ1) is 9.69. The van der Waals surface area contributed by atoms with Crippen molar-refractivity contribution in [2.75, 3.05) is 5.73 Å². The summed E-state index contributed by atoms with van der Waals surface area (Å²) in [4.78, 5) is 0. The second-order valence-corrected chi connectivity index (χ2v) is 4.64. The van der Waals surface area contributed by atoms with Crippen molar-refractivity contribution >= 4 is 5.69 Å². The van der Waals surface area contributed by atoms with Crippen molar-refractivity contribution in [3.8, 4) is 22.6 Å². The number of nitrogen functional groups attached to an aromatic ring is 1. The summed E-state index contributed by atoms with van der Waals surface area (Å²) in [5.74, 6) is 0.794. The minimum absolute atomic E-state index is 0.720. The highest BCUT2D eigenvalue weighted by molar-refractivity contribution is 5.78. The highest BCUT2D eigenvalue weighted by Gasteiger charge is 2.16. The Bertz CT molecular complexity index is 740. The highest BCUT2D eigenvalue weighted by atomic mass is 15.3. The summed E-state index contributed by atoms with van der Waals surface area (Å²) >= 11 is 0. The van der Waals surface area contributed by atoms with E-state index >= 15 is 0 Å². The molecular weight excluding hydrogens is 252 g/mol. The first kappa shape index (κ1) is 12.4. The van der Waals surface area contributed by atoms with Gasteiger partial charge in [-0.05, 0) is 19.1 Å². The lowest BCUT2D eigenvalue weighted by Crippen LogP contribution is -1.94. The van der Waals surface area contributed by atoms with E-state index in [0.29, 0.717) is 0 Å². The average Bonchev–Trinajstić information content (AvgIpc) is 3.04. The molecule has 6 nitrogen and oxygen atoms in total. The molecule has 0 unspecified atom stereocenters. The summed E-state index contributed by atoms with van der Waals surface area (Å²) in [5.41, 5.74) is 9.39. The molecule has 0 aliphatic heterocycles. The normalized spacial score (nSPS) is 10.9. The summed E-state index contributed by atoms with van der Waals surface area (Å²) in [6.45, 7) is 2.85. The summed E-state index contributed by atoms with van der Waals surface area (Å²) in [7, 11) is 1.92. The van der Waals surface area contributed by atoms with Crippen LogP contribution in [0.2, 0.25) is 0 Å². The van der Waals surface area contributed by atoms with Crippen molar-refractivity contribution in [3.63, 3.8) is 0 Å². The first-order valence-electron chi connectivity index (χ1n) is 6.46. The summed E-state index contributed by atoms with van der Waals surface area (Å²) in [6.07, 6.45) is 3.67. The van der Waals surface area contributed by atoms with E-state index in [1.54, 1.807) is 6.33 Å². The third-order valence-corrected chi connectivity index (χ3v) is 3.20. The molecule has 0 spiro atoms. The van der Waals surface area contributed by atoms with E-state index in [2.05, 4.69) is 22.2 Å². The van der Waals surface area contributed by atoms with Gasteiger partial charge in [-0.1, -0.05) is 12.1 Å². The molecule has 102 valence electrons. The van der Waals surface area contributed by atoms with E-state index in [-0.39, 0.29) is 0 Å². The van der Waals surface area contributed by atoms with E-state index in [4.69, 9.17) is 5.73 Å². The van der Waals surface area contributed by atoms with Crippen LogP contribution in [0.5, 0.6) is 0 Å². The fourth-order valence-electron chi connectivity index (χ4n) is 2.17. The van der Waals surface area contributed by atoms with Crippen LogP contribution in [0.25, 0.3) is 22.6 Å². The predicted octanol–water partition coefficient (Wildman–Crippen LogP) is 1.95. The molecule has 2 aromatic heterocycles. The van der Waals surface area contributed by atoms with Crippen LogP contribution < -0.4 is 5.73 Å². The van der Waals surface area contributed by atoms with Crippen LogP contribution in [-0.4, -0.2) is 24.5 Å². The van der Waals surface area contributed by atoms with Gasteiger partial charge >= 0.3 is 0 Å². The van der Waals surface area contributed by atoms with Gasteiger partial charge in [0.1, 0.15) is 12.0 Å². The second-order valence-electron chi connectivity index (χ2n) is 4.64. The van der Waals surface area contributed by atoms with E-state index in [1.807, 2.05) is 46.8 Å². The zero-order chi connectivity index (χ0) is 14.1. The first-order valence-corrected chi connectivity index (χ1v) is 6.46. The zero-order valence-electron chi connectivity index (χ0n) is 11.5. The second kappa shape index (κ2) is 4.80. The number of nitrogens with two attached hydrogens (primary N) is 1. The molecule has 0 radical (unpaired) electrons. The summed E-state index contributed by atoms with van der Waals surface area (Å²) in [5, 5.41) is 12.7. The maximum absolute atomic E-state index is 5.87. The number of rotatable bonds is 3. The van der Waals surface area contributed by atoms with Crippen LogP contribution in [-0.2, 0) is 13.6 Å². The van der Waals surface area contributed by atoms with Crippen LogP contribution in [0.3, 0.4) is 0 Å². The molecular formula is C14H16N6. The lowest BCUT2D eigenvalue weighted by Gasteiger charge is -2.02. The van der Waals surface area contributed by atoms with Crippen molar-refractivity contribution in [2.45, 2.75) is 13.5 Å². The largest absolute Gasteiger partial charge is 0.399 e. The van der Waals surface area contributed by atoms with Gasteiger partial charge in [-0.15, -0.1) is 10.2 Å². The maximum Gasteiger partial charge on any atom is 0.167 e. The highest BCUT2D eigenvalue weighted by Crippen LogP contribution is 2.30. The molecule has 6 heteroatoms. The number of benzene rings is 1. The molecule has 0 bridgehead atoms. The maximum atomic E-state index is 5.87. The molecule has 3 aromatic rings. The Balaban J connectivity index is 2.20. The van der Waals surface area contributed by atoms with E-state index < -0.39 is 0 Å². The van der Waals surface area contributed by atoms with Crippen LogP contribution in [0.4, 0.5) is 5.69 Å². The molecule has 0 aliphatic rings. The molecule has 1 aromatic carbocycles. The SMILES string of the molecule is CCn1cc(-c2nncn2C)c(-c2cccc(N)c2)n1. The number of hydrogen-bond acceptors (Lipinski definition) is 4. The van der Waals surface area contributed by atoms with Gasteiger partial charge in [-0.2, -0.15) is 5.10 Å². The molecule has 2 N–H and O–H groups in total. The Morgan fingerprint density at radius 1 is 1.30 bits per heavy atom. The van der Waals surface area contributed by atoms with Crippen LogP contribution in [0.1, 0.15) is 6.92 Å². The van der Waals surface area contributed by atoms with Gasteiger partial charge in [0.25, 0.3) is 0 Å². The molecule has 0 fully saturated rings. The minimum Gasteiger partial charge on any atom is -0.399 e. The van der Waals surface area contributed by atoms with E-state index in [0.717, 1.165) is 34.9 Å². The Morgan fingerprint density at radius 2 is 2.15 bits per heavy atom. The third-order valence-electron chi connectivity index (χ3n) is 3.20. The molecule has 0 saturated heterocycles. The molecule has 2 heterocycles. The monoisotopic (exact) mass is 268 g/mol. The lowest BCUT2D eigenvalue weighted by molar-refractivity contribution is 0.662. The van der Waals surface area contributed by atoms with Crippen molar-refractivity contribution in [1.29, 1.82) is 0 Å². The number of aromatic nitrogens is 5. The zero-order valence-corrected chi connectivity index (χ0v) is 11.5. The lowest BCUT2D eigenvalue weighted by atomic mass is 10.1. The van der Waals surface area contributed by atoms with Crippen molar-refractivity contribution in [2.24, 2.45) is 7.05 Å². The van der Waals surface area contributed by atoms with Gasteiger partial charge in [-0.25, -0.2) is 0 Å². The Hall–Kier alpha value is -2.63. The molecule has 20 heavy (non-hydrogen) atoms. The van der Waals surface area contributed by atoms with E-state index in [1.165, 1.54) is 0 Å². The van der Waals surface area contributed by atoms with Crippen molar-refractivity contribution in [3.05, 3.63) is 36.8 Å². The quantitative estimate of drug-likeness (QED) is 0.737. The molecule has 0 saturated carbocycles. The fourth-order valence-corrected chi connectivity index (χ4v) is 2.17. The van der Waals surface area contributed by atoms with Gasteiger partial charge < -0.3 is 10.3 Å². The number of nitrogens with zero attached hydrogens (tertiary/aromatic N) is 5. The number of hydrogen-bond donors (Lipinski definition) is 1. The van der Waals surface area contributed by atoms with Gasteiger partial charge in [0.15, 0.2) is 5.82 Å². The number of aryl methyl sites for hydroxylation is 2. The predicted molar refractivity (Wildman–Crippen MR) is 77.7 cm³/mol. The van der Waals surface area contributed by atoms with Crippen molar-refractivity contribution in [1.82, 2.24) is 24.5 Å². The Morgan fingerprint density at radius 3 is 2.80 bits per heavy atom. The molecule has 0 amide bonds. The smallest absolute Gasteiger partial charge is 0.167 e. The van der Waals surface area contributed by atoms with Gasteiger partial charge in [-0.3, -0.25) is 4.68 Å². The van der Waals surface area contributed by atoms with E-state index in [9.17, 15) is 0 Å². The standard InChI is InChI=1S/C14H16N6/c1-3-20-8-12(14-17-16-9-19(14)2)13(18-20)10-5-4-6-11(15)7-10/h4-9H,3,15H2,1-2H3. The fraction of sp³-hybridized carbons (Fsp3) is 0.214. The summed E-state index contributed by atoms with van der Waals surface area (Å²) < 4.78 is 3.77. The van der Waals surface area contributed by atoms with Crippen molar-refractivity contribution < 1.29 is 0 Å². The molecule has 0 aliphatic carbocycles. The average molecular weight is 268 g/mol. The van der Waals surface area contributed by atoms with Gasteiger partial charge in [0, 0.05) is 31.0 Å². The van der Waals surface area contributed by atoms with Crippen LogP contribution in [0.15, 0.2) is 36.8 Å². The van der Waals surface area contributed by atoms with Crippen LogP contribution >= 0.6 is 0 Å². The van der Waals surface area contributed by atoms with Gasteiger partial charge in [0.05, 0.1) is 5.56 Å². The molecule has 0 atom stereocenters. The summed E-state index contributed by atoms with van der Waals surface area (Å²) in [6, 6.07) is 7.71. The minimum atomic E-state index is 0.720. The Kier molecular flexibility index (Phi) is 2.98. The van der Waals surface area contributed by atoms with Crippen LogP contribution in [0, 0.1) is 0 Å². The molecule has 3 rings (SSSR count). The van der Waals surface area contributed by atoms with Gasteiger partial charge in [0.2, 0.25) is 0 Å². The third kappa shape index (κ3) is 2.05. The Labute approximate surface area is 116 Å². The topological polar surface area (TPSA) is 74.5 Å². The number of anilines is 1.